The number of nitrogens with zero attached hydrogens (tertiary/aromatic N) is 3. The van der Waals surface area contributed by atoms with Crippen LogP contribution < -0.4 is 0 Å². The Morgan fingerprint density at radius 1 is 1.39 bits per heavy atom. The van der Waals surface area contributed by atoms with E-state index in [1.807, 2.05) is 36.4 Å². The van der Waals surface area contributed by atoms with E-state index in [1.54, 1.807) is 0 Å². The van der Waals surface area contributed by atoms with Gasteiger partial charge in [-0.05, 0) is 0 Å². The van der Waals surface area contributed by atoms with E-state index >= 15 is 0 Å². The highest BCUT2D eigenvalue weighted by Gasteiger charge is 2.08. The molecule has 0 fully saturated rings. The van der Waals surface area contributed by atoms with Crippen LogP contribution >= 0.6 is 0 Å². The molecule has 0 atom stereocenters. The van der Waals surface area contributed by atoms with E-state index in [2.05, 4.69) is 10.1 Å². The van der Waals surface area contributed by atoms with Crippen molar-refractivity contribution in [1.82, 2.24) is 5.16 Å². The SMILES string of the molecule is N#[N+]/C=C(\O)CCc1cc(-c2ccccc2)on1. The van der Waals surface area contributed by atoms with Crippen molar-refractivity contribution >= 4 is 0 Å². The number of aliphatic hydroxyl groups is 1. The monoisotopic (exact) mass is 242 g/mol. The number of diazo groups is 1. The normalized spacial score (nSPS) is 11.2. The molecule has 5 nitrogen and oxygen atoms in total. The molecule has 2 rings (SSSR count). The number of hydrogen-bond donors (Lipinski definition) is 1. The van der Waals surface area contributed by atoms with Crippen LogP contribution in [0.5, 0.6) is 0 Å². The van der Waals surface area contributed by atoms with Crippen molar-refractivity contribution in [2.75, 3.05) is 0 Å². The lowest BCUT2D eigenvalue weighted by molar-refractivity contribution is 0.383. The van der Waals surface area contributed by atoms with Gasteiger partial charge < -0.3 is 9.63 Å². The second kappa shape index (κ2) is 5.64. The van der Waals surface area contributed by atoms with Gasteiger partial charge in [0.25, 0.3) is 0 Å². The zero-order valence-corrected chi connectivity index (χ0v) is 9.65. The summed E-state index contributed by atoms with van der Waals surface area (Å²) in [7, 11) is 0. The summed E-state index contributed by atoms with van der Waals surface area (Å²) in [6.07, 6.45) is 1.87. The second-order valence-electron chi connectivity index (χ2n) is 3.78. The first-order valence-corrected chi connectivity index (χ1v) is 5.53. The highest BCUT2D eigenvalue weighted by molar-refractivity contribution is 5.56. The zero-order chi connectivity index (χ0) is 12.8. The summed E-state index contributed by atoms with van der Waals surface area (Å²) in [4.78, 5) is 2.74. The highest BCUT2D eigenvalue weighted by Crippen LogP contribution is 2.20. The van der Waals surface area contributed by atoms with Gasteiger partial charge in [0, 0.05) is 24.5 Å². The molecule has 0 saturated heterocycles. The molecule has 2 aromatic rings. The molecular formula is C13H12N3O2+. The van der Waals surface area contributed by atoms with E-state index in [0.717, 1.165) is 17.5 Å². The Morgan fingerprint density at radius 2 is 2.17 bits per heavy atom. The van der Waals surface area contributed by atoms with Gasteiger partial charge in [-0.25, -0.2) is 0 Å². The van der Waals surface area contributed by atoms with E-state index in [9.17, 15) is 5.11 Å². The highest BCUT2D eigenvalue weighted by atomic mass is 16.5. The summed E-state index contributed by atoms with van der Waals surface area (Å²) >= 11 is 0. The van der Waals surface area contributed by atoms with Crippen LogP contribution in [0, 0.1) is 5.39 Å². The molecule has 0 radical (unpaired) electrons. The number of aliphatic hydroxyl groups excluding tert-OH is 1. The maximum absolute atomic E-state index is 9.28. The van der Waals surface area contributed by atoms with Crippen molar-refractivity contribution in [3.05, 3.63) is 59.0 Å². The lowest BCUT2D eigenvalue weighted by Gasteiger charge is -1.92. The maximum Gasteiger partial charge on any atom is 0.387 e. The molecule has 1 heterocycles. The molecule has 0 aliphatic carbocycles. The third-order valence-electron chi connectivity index (χ3n) is 2.46. The van der Waals surface area contributed by atoms with Gasteiger partial charge in [0.2, 0.25) is 5.39 Å². The predicted octanol–water partition coefficient (Wildman–Crippen LogP) is 3.53. The Morgan fingerprint density at radius 3 is 2.89 bits per heavy atom. The summed E-state index contributed by atoms with van der Waals surface area (Å²) in [5.74, 6) is 0.697. The molecular weight excluding hydrogens is 230 g/mol. The summed E-state index contributed by atoms with van der Waals surface area (Å²) in [6.45, 7) is 0. The average molecular weight is 242 g/mol. The molecule has 0 spiro atoms. The second-order valence-corrected chi connectivity index (χ2v) is 3.78. The summed E-state index contributed by atoms with van der Waals surface area (Å²) in [5, 5.41) is 21.4. The molecule has 0 saturated carbocycles. The van der Waals surface area contributed by atoms with Gasteiger partial charge in [0.15, 0.2) is 16.5 Å². The minimum atomic E-state index is 0.00163. The Kier molecular flexibility index (Phi) is 3.72. The third-order valence-corrected chi connectivity index (χ3v) is 2.46. The fraction of sp³-hybridized carbons (Fsp3) is 0.154. The van der Waals surface area contributed by atoms with Crippen LogP contribution in [-0.2, 0) is 6.42 Å². The predicted molar refractivity (Wildman–Crippen MR) is 66.1 cm³/mol. The van der Waals surface area contributed by atoms with Gasteiger partial charge in [0.05, 0.1) is 5.69 Å². The van der Waals surface area contributed by atoms with Crippen LogP contribution in [0.25, 0.3) is 16.3 Å². The molecule has 1 N–H and O–H groups in total. The first kappa shape index (κ1) is 11.9. The molecule has 0 bridgehead atoms. The smallest absolute Gasteiger partial charge is 0.387 e. The van der Waals surface area contributed by atoms with Gasteiger partial charge in [-0.3, -0.25) is 0 Å². The van der Waals surface area contributed by atoms with Crippen LogP contribution in [0.4, 0.5) is 0 Å². The first-order valence-electron chi connectivity index (χ1n) is 5.53. The van der Waals surface area contributed by atoms with E-state index in [4.69, 9.17) is 9.92 Å². The van der Waals surface area contributed by atoms with E-state index in [1.165, 1.54) is 0 Å². The first-order chi connectivity index (χ1) is 8.79. The number of rotatable bonds is 4. The van der Waals surface area contributed by atoms with E-state index in [-0.39, 0.29) is 5.76 Å². The maximum atomic E-state index is 9.28. The van der Waals surface area contributed by atoms with Gasteiger partial charge in [-0.15, -0.1) is 0 Å². The van der Waals surface area contributed by atoms with Crippen LogP contribution in [-0.4, -0.2) is 10.3 Å². The standard InChI is InChI=1S/C13H11N3O2/c14-15-9-12(17)7-6-11-8-13(18-16-11)10-4-2-1-3-5-10/h1-5,8-9H,6-7H2/p+1/b12-9-. The quantitative estimate of drug-likeness (QED) is 0.657. The van der Waals surface area contributed by atoms with Crippen LogP contribution in [0.3, 0.4) is 0 Å². The van der Waals surface area contributed by atoms with Gasteiger partial charge in [-0.2, -0.15) is 0 Å². The molecule has 18 heavy (non-hydrogen) atoms. The van der Waals surface area contributed by atoms with Gasteiger partial charge >= 0.3 is 6.20 Å². The lowest BCUT2D eigenvalue weighted by Crippen LogP contribution is -1.87. The molecule has 90 valence electrons. The Bertz CT molecular complexity index is 582. The van der Waals surface area contributed by atoms with E-state index < -0.39 is 0 Å². The Labute approximate surface area is 104 Å². The van der Waals surface area contributed by atoms with Crippen molar-refractivity contribution in [2.24, 2.45) is 0 Å². The number of aryl methyl sites for hydroxylation is 1. The van der Waals surface area contributed by atoms with E-state index in [0.29, 0.717) is 18.6 Å². The van der Waals surface area contributed by atoms with Crippen molar-refractivity contribution in [1.29, 1.82) is 5.39 Å². The molecule has 0 aliphatic rings. The summed E-state index contributed by atoms with van der Waals surface area (Å²) in [5.41, 5.74) is 1.70. The lowest BCUT2D eigenvalue weighted by atomic mass is 10.1. The number of benzene rings is 1. The fourth-order valence-electron chi connectivity index (χ4n) is 1.56. The largest absolute Gasteiger partial charge is 0.505 e. The van der Waals surface area contributed by atoms with Gasteiger partial charge in [-0.1, -0.05) is 35.5 Å². The van der Waals surface area contributed by atoms with Crippen molar-refractivity contribution < 1.29 is 9.63 Å². The van der Waals surface area contributed by atoms with Crippen LogP contribution in [0.1, 0.15) is 12.1 Å². The fourth-order valence-corrected chi connectivity index (χ4v) is 1.56. The third kappa shape index (κ3) is 2.95. The summed E-state index contributed by atoms with van der Waals surface area (Å²) in [6, 6.07) is 11.5. The van der Waals surface area contributed by atoms with Crippen molar-refractivity contribution in [3.8, 4) is 11.3 Å². The molecule has 0 amide bonds. The number of aromatic nitrogens is 1. The molecule has 0 aliphatic heterocycles. The van der Waals surface area contributed by atoms with Gasteiger partial charge in [0.1, 0.15) is 0 Å². The zero-order valence-electron chi connectivity index (χ0n) is 9.65. The Hall–Kier alpha value is -2.61. The number of allylic oxidation sites excluding steroid dienone is 1. The minimum absolute atomic E-state index is 0.00163. The molecule has 5 heteroatoms. The van der Waals surface area contributed by atoms with Crippen molar-refractivity contribution in [2.45, 2.75) is 12.8 Å². The van der Waals surface area contributed by atoms with Crippen molar-refractivity contribution in [3.63, 3.8) is 0 Å². The molecule has 1 aromatic carbocycles. The molecule has 0 unspecified atom stereocenters. The Balaban J connectivity index is 2.04. The van der Waals surface area contributed by atoms with Crippen LogP contribution in [0.2, 0.25) is 0 Å². The molecule has 1 aromatic heterocycles. The number of hydrogen-bond acceptors (Lipinski definition) is 4. The van der Waals surface area contributed by atoms with Crippen LogP contribution in [0.15, 0.2) is 52.9 Å². The minimum Gasteiger partial charge on any atom is -0.505 e. The topological polar surface area (TPSA) is 74.4 Å². The summed E-state index contributed by atoms with van der Waals surface area (Å²) < 4.78 is 5.22. The average Bonchev–Trinajstić information content (AvgIpc) is 2.87.